The van der Waals surface area contributed by atoms with Crippen molar-refractivity contribution < 1.29 is 19.6 Å². The topological polar surface area (TPSA) is 127 Å². The first-order valence-electron chi connectivity index (χ1n) is 7.44. The average Bonchev–Trinajstić information content (AvgIpc) is 2.91. The Morgan fingerprint density at radius 3 is 2.46 bits per heavy atom. The highest BCUT2D eigenvalue weighted by atomic mass is 16.6. The highest BCUT2D eigenvalue weighted by molar-refractivity contribution is 6.03. The molecule has 0 saturated carbocycles. The summed E-state index contributed by atoms with van der Waals surface area (Å²) in [6.07, 6.45) is 0. The van der Waals surface area contributed by atoms with Gasteiger partial charge in [-0.1, -0.05) is 30.3 Å². The van der Waals surface area contributed by atoms with Crippen LogP contribution in [0.4, 0.5) is 11.4 Å². The Balaban J connectivity index is 2.07. The van der Waals surface area contributed by atoms with Crippen molar-refractivity contribution in [2.45, 2.75) is 6.92 Å². The minimum atomic E-state index is -0.934. The molecule has 130 valence electrons. The second-order valence-electron chi connectivity index (χ2n) is 5.32. The average molecular weight is 352 g/mol. The van der Waals surface area contributed by atoms with Crippen LogP contribution in [0.5, 0.6) is 5.88 Å². The number of amides is 1. The molecule has 3 aromatic rings. The van der Waals surface area contributed by atoms with E-state index in [2.05, 4.69) is 10.2 Å². The Labute approximate surface area is 146 Å². The molecule has 0 atom stereocenters. The number of nitrogens with zero attached hydrogens (tertiary/aromatic N) is 4. The number of nitro benzene ring substituents is 1. The van der Waals surface area contributed by atoms with Crippen LogP contribution >= 0.6 is 0 Å². The van der Waals surface area contributed by atoms with Gasteiger partial charge in [0.25, 0.3) is 5.69 Å². The SMILES string of the molecule is CC(=O)n1c(O)c(N=NC(=O)c2ccccc2[N+](=O)[O-])c2ccccc21. The fourth-order valence-electron chi connectivity index (χ4n) is 2.59. The van der Waals surface area contributed by atoms with E-state index in [9.17, 15) is 24.8 Å². The molecule has 1 heterocycles. The molecule has 0 saturated heterocycles. The number of fused-ring (bicyclic) bond motifs is 1. The van der Waals surface area contributed by atoms with E-state index in [-0.39, 0.29) is 11.3 Å². The molecular formula is C17H12N4O5. The molecule has 0 spiro atoms. The van der Waals surface area contributed by atoms with E-state index in [0.29, 0.717) is 10.9 Å². The smallest absolute Gasteiger partial charge is 0.302 e. The van der Waals surface area contributed by atoms with E-state index in [1.54, 1.807) is 24.3 Å². The fraction of sp³-hybridized carbons (Fsp3) is 0.0588. The fourth-order valence-corrected chi connectivity index (χ4v) is 2.59. The molecule has 3 rings (SSSR count). The number of carbonyl (C=O) groups is 2. The number of aromatic nitrogens is 1. The van der Waals surface area contributed by atoms with Gasteiger partial charge in [-0.3, -0.25) is 19.7 Å². The number of benzene rings is 2. The number of aromatic hydroxyl groups is 1. The summed E-state index contributed by atoms with van der Waals surface area (Å²) in [7, 11) is 0. The third-order valence-electron chi connectivity index (χ3n) is 3.71. The van der Waals surface area contributed by atoms with E-state index < -0.39 is 28.3 Å². The highest BCUT2D eigenvalue weighted by Crippen LogP contribution is 2.38. The lowest BCUT2D eigenvalue weighted by Crippen LogP contribution is -2.03. The minimum Gasteiger partial charge on any atom is -0.493 e. The van der Waals surface area contributed by atoms with Crippen LogP contribution in [-0.2, 0) is 0 Å². The van der Waals surface area contributed by atoms with E-state index in [4.69, 9.17) is 0 Å². The third-order valence-corrected chi connectivity index (χ3v) is 3.71. The Morgan fingerprint density at radius 1 is 1.12 bits per heavy atom. The molecule has 0 aliphatic rings. The molecular weight excluding hydrogens is 340 g/mol. The van der Waals surface area contributed by atoms with Gasteiger partial charge in [0, 0.05) is 18.4 Å². The lowest BCUT2D eigenvalue weighted by atomic mass is 10.2. The van der Waals surface area contributed by atoms with Gasteiger partial charge in [0.2, 0.25) is 11.8 Å². The molecule has 26 heavy (non-hydrogen) atoms. The van der Waals surface area contributed by atoms with Crippen molar-refractivity contribution in [3.63, 3.8) is 0 Å². The van der Waals surface area contributed by atoms with Crippen LogP contribution in [0.2, 0.25) is 0 Å². The molecule has 0 aliphatic carbocycles. The van der Waals surface area contributed by atoms with Crippen molar-refractivity contribution in [1.82, 2.24) is 4.57 Å². The lowest BCUT2D eigenvalue weighted by Gasteiger charge is -1.99. The van der Waals surface area contributed by atoms with Gasteiger partial charge >= 0.3 is 5.91 Å². The molecule has 1 N–H and O–H groups in total. The van der Waals surface area contributed by atoms with Crippen molar-refractivity contribution in [3.8, 4) is 5.88 Å². The number of azo groups is 1. The molecule has 0 radical (unpaired) electrons. The molecule has 9 nitrogen and oxygen atoms in total. The normalized spacial score (nSPS) is 11.1. The highest BCUT2D eigenvalue weighted by Gasteiger charge is 2.21. The number of nitro groups is 1. The maximum absolute atomic E-state index is 12.2. The first-order chi connectivity index (χ1) is 12.4. The van der Waals surface area contributed by atoms with Crippen molar-refractivity contribution >= 4 is 34.1 Å². The summed E-state index contributed by atoms with van der Waals surface area (Å²) in [6.45, 7) is 1.27. The summed E-state index contributed by atoms with van der Waals surface area (Å²) in [5.41, 5.74) is -0.282. The molecule has 0 unspecified atom stereocenters. The second-order valence-corrected chi connectivity index (χ2v) is 5.32. The lowest BCUT2D eigenvalue weighted by molar-refractivity contribution is -0.385. The predicted octanol–water partition coefficient (Wildman–Crippen LogP) is 3.84. The molecule has 2 aromatic carbocycles. The summed E-state index contributed by atoms with van der Waals surface area (Å²) in [5.74, 6) is -1.83. The van der Waals surface area contributed by atoms with Gasteiger partial charge in [0.1, 0.15) is 5.56 Å². The zero-order valence-electron chi connectivity index (χ0n) is 13.5. The molecule has 1 aromatic heterocycles. The van der Waals surface area contributed by atoms with Crippen LogP contribution in [0.1, 0.15) is 22.1 Å². The Bertz CT molecular complexity index is 1080. The van der Waals surface area contributed by atoms with E-state index >= 15 is 0 Å². The maximum Gasteiger partial charge on any atom is 0.302 e. The molecule has 0 aliphatic heterocycles. The predicted molar refractivity (Wildman–Crippen MR) is 91.8 cm³/mol. The van der Waals surface area contributed by atoms with Crippen molar-refractivity contribution in [3.05, 3.63) is 64.2 Å². The first-order valence-corrected chi connectivity index (χ1v) is 7.44. The van der Waals surface area contributed by atoms with Crippen molar-refractivity contribution in [2.75, 3.05) is 0 Å². The van der Waals surface area contributed by atoms with Crippen LogP contribution in [0.25, 0.3) is 10.9 Å². The Hall–Kier alpha value is -3.88. The van der Waals surface area contributed by atoms with Gasteiger partial charge in [-0.05, 0) is 12.1 Å². The van der Waals surface area contributed by atoms with E-state index in [0.717, 1.165) is 4.57 Å². The maximum atomic E-state index is 12.2. The number of hydrogen-bond donors (Lipinski definition) is 1. The summed E-state index contributed by atoms with van der Waals surface area (Å²) < 4.78 is 1.04. The number of carbonyl (C=O) groups excluding carboxylic acids is 2. The molecule has 0 bridgehead atoms. The van der Waals surface area contributed by atoms with Gasteiger partial charge < -0.3 is 5.11 Å². The standard InChI is InChI=1S/C17H12N4O5/c1-10(22)20-13-8-4-2-6-11(13)15(17(20)24)18-19-16(23)12-7-3-5-9-14(12)21(25)26/h2-9,24H,1H3. The Morgan fingerprint density at radius 2 is 1.77 bits per heavy atom. The summed E-state index contributed by atoms with van der Waals surface area (Å²) in [6, 6.07) is 11.9. The first kappa shape index (κ1) is 17.0. The van der Waals surface area contributed by atoms with Gasteiger partial charge in [0.15, 0.2) is 5.69 Å². The summed E-state index contributed by atoms with van der Waals surface area (Å²) >= 11 is 0. The van der Waals surface area contributed by atoms with Crippen LogP contribution in [-0.4, -0.2) is 26.4 Å². The van der Waals surface area contributed by atoms with Crippen molar-refractivity contribution in [2.24, 2.45) is 10.2 Å². The van der Waals surface area contributed by atoms with Gasteiger partial charge in [-0.15, -0.1) is 10.2 Å². The minimum absolute atomic E-state index is 0.0669. The zero-order chi connectivity index (χ0) is 18.8. The summed E-state index contributed by atoms with van der Waals surface area (Å²) in [5, 5.41) is 28.9. The van der Waals surface area contributed by atoms with Crippen LogP contribution in [0.3, 0.4) is 0 Å². The van der Waals surface area contributed by atoms with Crippen LogP contribution in [0, 0.1) is 10.1 Å². The van der Waals surface area contributed by atoms with Crippen molar-refractivity contribution in [1.29, 1.82) is 0 Å². The van der Waals surface area contributed by atoms with E-state index in [1.165, 1.54) is 31.2 Å². The molecule has 1 amide bonds. The monoisotopic (exact) mass is 352 g/mol. The molecule has 0 fully saturated rings. The van der Waals surface area contributed by atoms with E-state index in [1.807, 2.05) is 0 Å². The quantitative estimate of drug-likeness (QED) is 0.435. The van der Waals surface area contributed by atoms with Gasteiger partial charge in [-0.25, -0.2) is 4.57 Å². The zero-order valence-corrected chi connectivity index (χ0v) is 13.5. The largest absolute Gasteiger partial charge is 0.493 e. The second kappa shape index (κ2) is 6.55. The van der Waals surface area contributed by atoms with Gasteiger partial charge in [-0.2, -0.15) is 0 Å². The van der Waals surface area contributed by atoms with Crippen LogP contribution in [0.15, 0.2) is 58.8 Å². The van der Waals surface area contributed by atoms with Gasteiger partial charge in [0.05, 0.1) is 10.4 Å². The number of hydrogen-bond acceptors (Lipinski definition) is 6. The van der Waals surface area contributed by atoms with Crippen LogP contribution < -0.4 is 0 Å². The third kappa shape index (κ3) is 2.81. The summed E-state index contributed by atoms with van der Waals surface area (Å²) in [4.78, 5) is 34.3. The number of para-hydroxylation sites is 2. The number of rotatable bonds is 3. The Kier molecular flexibility index (Phi) is 4.27. The molecule has 9 heteroatoms.